The van der Waals surface area contributed by atoms with Crippen molar-refractivity contribution in [2.24, 2.45) is 0 Å². The van der Waals surface area contributed by atoms with Crippen LogP contribution < -0.4 is 14.8 Å². The van der Waals surface area contributed by atoms with Gasteiger partial charge in [0.15, 0.2) is 11.5 Å². The third kappa shape index (κ3) is 2.63. The molecule has 0 unspecified atom stereocenters. The van der Waals surface area contributed by atoms with Crippen LogP contribution in [0, 0.1) is 11.3 Å². The summed E-state index contributed by atoms with van der Waals surface area (Å²) in [6, 6.07) is 13.9. The number of para-hydroxylation sites is 1. The zero-order chi connectivity index (χ0) is 14.7. The van der Waals surface area contributed by atoms with Gasteiger partial charge in [0.25, 0.3) is 0 Å². The van der Waals surface area contributed by atoms with Gasteiger partial charge in [0, 0.05) is 17.0 Å². The van der Waals surface area contributed by atoms with E-state index in [4.69, 9.17) is 9.47 Å². The number of rotatable bonds is 4. The molecule has 0 bridgehead atoms. The van der Waals surface area contributed by atoms with Crippen molar-refractivity contribution in [2.75, 3.05) is 18.4 Å². The van der Waals surface area contributed by atoms with Crippen molar-refractivity contribution in [3.05, 3.63) is 47.5 Å². The summed E-state index contributed by atoms with van der Waals surface area (Å²) in [6.45, 7) is 0.844. The van der Waals surface area contributed by atoms with E-state index in [-0.39, 0.29) is 6.79 Å². The largest absolute Gasteiger partial charge is 0.454 e. The monoisotopic (exact) mass is 298 g/mol. The van der Waals surface area contributed by atoms with Gasteiger partial charge in [0.2, 0.25) is 6.79 Å². The van der Waals surface area contributed by atoms with Crippen molar-refractivity contribution in [2.45, 2.75) is 11.4 Å². The lowest BCUT2D eigenvalue weighted by Gasteiger charge is -2.11. The highest BCUT2D eigenvalue weighted by Crippen LogP contribution is 2.36. The molecule has 0 aromatic heterocycles. The highest BCUT2D eigenvalue weighted by atomic mass is 32.2. The molecule has 2 aromatic carbocycles. The highest BCUT2D eigenvalue weighted by molar-refractivity contribution is 7.98. The Bertz CT molecular complexity index is 710. The van der Waals surface area contributed by atoms with E-state index in [1.165, 1.54) is 0 Å². The van der Waals surface area contributed by atoms with Crippen LogP contribution in [0.15, 0.2) is 41.3 Å². The van der Waals surface area contributed by atoms with Crippen LogP contribution >= 0.6 is 11.8 Å². The smallest absolute Gasteiger partial charge is 0.231 e. The summed E-state index contributed by atoms with van der Waals surface area (Å²) in [7, 11) is 0. The van der Waals surface area contributed by atoms with Crippen molar-refractivity contribution >= 4 is 17.4 Å². The van der Waals surface area contributed by atoms with Gasteiger partial charge in [-0.2, -0.15) is 5.26 Å². The fraction of sp³-hybridized carbons (Fsp3) is 0.188. The Morgan fingerprint density at radius 1 is 1.24 bits per heavy atom. The summed E-state index contributed by atoms with van der Waals surface area (Å²) in [5.41, 5.74) is 2.53. The van der Waals surface area contributed by atoms with Gasteiger partial charge >= 0.3 is 0 Å². The second-order valence-electron chi connectivity index (χ2n) is 4.50. The second-order valence-corrected chi connectivity index (χ2v) is 5.35. The van der Waals surface area contributed by atoms with Crippen LogP contribution in [0.2, 0.25) is 0 Å². The maximum Gasteiger partial charge on any atom is 0.231 e. The van der Waals surface area contributed by atoms with Gasteiger partial charge in [0.05, 0.1) is 11.3 Å². The van der Waals surface area contributed by atoms with Crippen LogP contribution in [0.3, 0.4) is 0 Å². The average Bonchev–Trinajstić information content (AvgIpc) is 3.01. The number of hydrogen-bond acceptors (Lipinski definition) is 5. The van der Waals surface area contributed by atoms with Gasteiger partial charge in [-0.1, -0.05) is 18.2 Å². The molecule has 1 heterocycles. The van der Waals surface area contributed by atoms with Gasteiger partial charge in [-0.15, -0.1) is 11.8 Å². The van der Waals surface area contributed by atoms with E-state index in [1.807, 2.05) is 42.7 Å². The SMILES string of the molecule is CSc1cccc(NCc2cccc3c2OCO3)c1C#N. The lowest BCUT2D eigenvalue weighted by atomic mass is 10.1. The molecule has 0 aliphatic carbocycles. The molecule has 0 saturated heterocycles. The molecule has 0 fully saturated rings. The minimum atomic E-state index is 0.262. The van der Waals surface area contributed by atoms with Crippen molar-refractivity contribution in [1.82, 2.24) is 0 Å². The Hall–Kier alpha value is -2.32. The molecule has 0 amide bonds. The number of nitriles is 1. The Labute approximate surface area is 127 Å². The predicted molar refractivity (Wildman–Crippen MR) is 82.8 cm³/mol. The Morgan fingerprint density at radius 3 is 2.90 bits per heavy atom. The molecular weight excluding hydrogens is 284 g/mol. The van der Waals surface area contributed by atoms with Crippen LogP contribution in [-0.2, 0) is 6.54 Å². The standard InChI is InChI=1S/C16H14N2O2S/c1-21-15-7-3-5-13(12(15)8-17)18-9-11-4-2-6-14-16(11)20-10-19-14/h2-7,18H,9-10H2,1H3. The second kappa shape index (κ2) is 5.98. The number of thioether (sulfide) groups is 1. The van der Waals surface area contributed by atoms with E-state index in [1.54, 1.807) is 11.8 Å². The van der Waals surface area contributed by atoms with Crippen LogP contribution in [0.4, 0.5) is 5.69 Å². The van der Waals surface area contributed by atoms with E-state index in [0.29, 0.717) is 12.1 Å². The summed E-state index contributed by atoms with van der Waals surface area (Å²) >= 11 is 1.57. The minimum Gasteiger partial charge on any atom is -0.454 e. The van der Waals surface area contributed by atoms with E-state index in [0.717, 1.165) is 27.6 Å². The van der Waals surface area contributed by atoms with Crippen LogP contribution in [-0.4, -0.2) is 13.0 Å². The van der Waals surface area contributed by atoms with Crippen molar-refractivity contribution in [1.29, 1.82) is 5.26 Å². The maximum atomic E-state index is 9.33. The minimum absolute atomic E-state index is 0.262. The number of benzene rings is 2. The molecule has 2 aromatic rings. The number of ether oxygens (including phenoxy) is 2. The first-order valence-electron chi connectivity index (χ1n) is 6.52. The van der Waals surface area contributed by atoms with Gasteiger partial charge in [0.1, 0.15) is 6.07 Å². The van der Waals surface area contributed by atoms with Gasteiger partial charge < -0.3 is 14.8 Å². The molecule has 21 heavy (non-hydrogen) atoms. The first-order chi connectivity index (χ1) is 10.3. The summed E-state index contributed by atoms with van der Waals surface area (Å²) in [6.07, 6.45) is 1.97. The number of nitrogens with zero attached hydrogens (tertiary/aromatic N) is 1. The number of fused-ring (bicyclic) bond motifs is 1. The molecule has 1 N–H and O–H groups in total. The topological polar surface area (TPSA) is 54.3 Å². The summed E-state index contributed by atoms with van der Waals surface area (Å²) in [5, 5.41) is 12.6. The summed E-state index contributed by atoms with van der Waals surface area (Å²) in [5.74, 6) is 1.55. The predicted octanol–water partition coefficient (Wildman–Crippen LogP) is 3.62. The molecule has 0 atom stereocenters. The third-order valence-electron chi connectivity index (χ3n) is 3.31. The molecule has 4 nitrogen and oxygen atoms in total. The normalized spacial score (nSPS) is 12.0. The quantitative estimate of drug-likeness (QED) is 0.874. The highest BCUT2D eigenvalue weighted by Gasteiger charge is 2.17. The number of anilines is 1. The molecule has 0 saturated carbocycles. The van der Waals surface area contributed by atoms with E-state index in [9.17, 15) is 5.26 Å². The zero-order valence-corrected chi connectivity index (χ0v) is 12.4. The Kier molecular flexibility index (Phi) is 3.89. The van der Waals surface area contributed by atoms with Crippen molar-refractivity contribution in [3.63, 3.8) is 0 Å². The molecule has 1 aliphatic rings. The molecule has 3 rings (SSSR count). The lowest BCUT2D eigenvalue weighted by molar-refractivity contribution is 0.173. The molecule has 5 heteroatoms. The zero-order valence-electron chi connectivity index (χ0n) is 11.6. The number of hydrogen-bond donors (Lipinski definition) is 1. The molecule has 0 radical (unpaired) electrons. The van der Waals surface area contributed by atoms with Gasteiger partial charge in [-0.25, -0.2) is 0 Å². The van der Waals surface area contributed by atoms with Gasteiger partial charge in [-0.05, 0) is 24.5 Å². The fourth-order valence-electron chi connectivity index (χ4n) is 2.28. The van der Waals surface area contributed by atoms with Gasteiger partial charge in [-0.3, -0.25) is 0 Å². The number of nitrogens with one attached hydrogen (secondary N) is 1. The maximum absolute atomic E-state index is 9.33. The van der Waals surface area contributed by atoms with Crippen LogP contribution in [0.1, 0.15) is 11.1 Å². The Morgan fingerprint density at radius 2 is 2.10 bits per heavy atom. The van der Waals surface area contributed by atoms with E-state index < -0.39 is 0 Å². The van der Waals surface area contributed by atoms with Crippen molar-refractivity contribution in [3.8, 4) is 17.6 Å². The van der Waals surface area contributed by atoms with E-state index >= 15 is 0 Å². The average molecular weight is 298 g/mol. The Balaban J connectivity index is 1.83. The molecule has 1 aliphatic heterocycles. The molecule has 106 valence electrons. The van der Waals surface area contributed by atoms with Crippen LogP contribution in [0.5, 0.6) is 11.5 Å². The van der Waals surface area contributed by atoms with Crippen LogP contribution in [0.25, 0.3) is 0 Å². The third-order valence-corrected chi connectivity index (χ3v) is 4.09. The first kappa shape index (κ1) is 13.7. The first-order valence-corrected chi connectivity index (χ1v) is 7.74. The van der Waals surface area contributed by atoms with E-state index in [2.05, 4.69) is 11.4 Å². The molecule has 0 spiro atoms. The molecular formula is C16H14N2O2S. The summed E-state index contributed by atoms with van der Waals surface area (Å²) < 4.78 is 10.9. The fourth-order valence-corrected chi connectivity index (χ4v) is 2.86. The summed E-state index contributed by atoms with van der Waals surface area (Å²) in [4.78, 5) is 0.973. The lowest BCUT2D eigenvalue weighted by Crippen LogP contribution is -2.03. The van der Waals surface area contributed by atoms with Crippen molar-refractivity contribution < 1.29 is 9.47 Å².